The topological polar surface area (TPSA) is 60.3 Å². The van der Waals surface area contributed by atoms with Gasteiger partial charge >= 0.3 is 175 Å². The Bertz CT molecular complexity index is 1040. The number of alkyl carbamates (subject to hydrolysis) is 1. The zero-order valence-electron chi connectivity index (χ0n) is 16.7. The van der Waals surface area contributed by atoms with Crippen LogP contribution in [0.1, 0.15) is 21.5 Å². The van der Waals surface area contributed by atoms with Gasteiger partial charge in [0.15, 0.2) is 0 Å². The summed E-state index contributed by atoms with van der Waals surface area (Å²) in [5.74, 6) is -0.00606. The Morgan fingerprint density at radius 2 is 2.00 bits per heavy atom. The SMILES string of the molecule is C[As](C)CCc1cn(C(=O)c2ccccc2)c2ccc(CC3COC(=O)N3)cc12. The molecule has 1 aliphatic heterocycles. The number of amides is 1. The Morgan fingerprint density at radius 3 is 2.69 bits per heavy atom. The Labute approximate surface area is 175 Å². The number of nitrogens with zero attached hydrogens (tertiary/aromatic N) is 1. The second kappa shape index (κ2) is 8.46. The van der Waals surface area contributed by atoms with E-state index in [1.165, 1.54) is 10.8 Å². The first-order chi connectivity index (χ1) is 14.0. The van der Waals surface area contributed by atoms with Crippen LogP contribution in [-0.2, 0) is 17.6 Å². The van der Waals surface area contributed by atoms with Gasteiger partial charge in [-0.25, -0.2) is 0 Å². The van der Waals surface area contributed by atoms with Crippen molar-refractivity contribution in [3.8, 4) is 0 Å². The van der Waals surface area contributed by atoms with Crippen molar-refractivity contribution in [2.75, 3.05) is 6.61 Å². The molecule has 0 radical (unpaired) electrons. The number of nitrogens with one attached hydrogen (secondary N) is 1. The molecule has 1 atom stereocenters. The maximum absolute atomic E-state index is 13.1. The predicted molar refractivity (Wildman–Crippen MR) is 116 cm³/mol. The number of rotatable bonds is 6. The number of hydrogen-bond donors (Lipinski definition) is 1. The van der Waals surface area contributed by atoms with Gasteiger partial charge in [-0.15, -0.1) is 0 Å². The van der Waals surface area contributed by atoms with Crippen molar-refractivity contribution in [1.29, 1.82) is 0 Å². The number of benzene rings is 2. The molecule has 29 heavy (non-hydrogen) atoms. The number of aromatic nitrogens is 1. The van der Waals surface area contributed by atoms with E-state index >= 15 is 0 Å². The van der Waals surface area contributed by atoms with E-state index < -0.39 is 14.7 Å². The summed E-state index contributed by atoms with van der Waals surface area (Å²) in [5, 5.41) is 5.18. The summed E-state index contributed by atoms with van der Waals surface area (Å²) in [4.78, 5) is 24.4. The van der Waals surface area contributed by atoms with Gasteiger partial charge in [-0.2, -0.15) is 0 Å². The number of carbonyl (C=O) groups excluding carboxylic acids is 2. The maximum atomic E-state index is 13.1. The molecular weight excluding hydrogens is 427 g/mol. The summed E-state index contributed by atoms with van der Waals surface area (Å²) >= 11 is -0.763. The van der Waals surface area contributed by atoms with Crippen LogP contribution >= 0.6 is 0 Å². The Kier molecular flexibility index (Phi) is 5.77. The zero-order chi connectivity index (χ0) is 20.4. The van der Waals surface area contributed by atoms with E-state index in [0.717, 1.165) is 29.3 Å². The molecular formula is C23H25AsN2O3. The van der Waals surface area contributed by atoms with Gasteiger partial charge in [-0.3, -0.25) is 0 Å². The van der Waals surface area contributed by atoms with Crippen molar-refractivity contribution in [2.45, 2.75) is 35.5 Å². The van der Waals surface area contributed by atoms with E-state index in [4.69, 9.17) is 4.74 Å². The van der Waals surface area contributed by atoms with Gasteiger partial charge in [0.25, 0.3) is 0 Å². The first-order valence-corrected chi connectivity index (χ1v) is 14.9. The van der Waals surface area contributed by atoms with Crippen molar-refractivity contribution in [2.24, 2.45) is 0 Å². The average Bonchev–Trinajstić information content (AvgIpc) is 3.29. The van der Waals surface area contributed by atoms with Gasteiger partial charge in [0.05, 0.1) is 0 Å². The molecule has 1 N–H and O–H groups in total. The van der Waals surface area contributed by atoms with Crippen molar-refractivity contribution < 1.29 is 14.3 Å². The minimum absolute atomic E-state index is 0.000113. The first kappa shape index (κ1) is 19.8. The summed E-state index contributed by atoms with van der Waals surface area (Å²) in [7, 11) is 0. The van der Waals surface area contributed by atoms with Crippen LogP contribution in [0, 0.1) is 0 Å². The monoisotopic (exact) mass is 452 g/mol. The van der Waals surface area contributed by atoms with Crippen LogP contribution in [0.5, 0.6) is 0 Å². The second-order valence-corrected chi connectivity index (χ2v) is 13.2. The van der Waals surface area contributed by atoms with Crippen molar-refractivity contribution in [3.63, 3.8) is 0 Å². The number of fused-ring (bicyclic) bond motifs is 1. The van der Waals surface area contributed by atoms with E-state index in [1.807, 2.05) is 48.7 Å². The molecule has 1 amide bonds. The molecule has 0 aliphatic carbocycles. The second-order valence-electron chi connectivity index (χ2n) is 7.74. The van der Waals surface area contributed by atoms with Gasteiger partial charge in [-0.1, -0.05) is 0 Å². The molecule has 2 heterocycles. The number of aryl methyl sites for hydroxylation is 1. The zero-order valence-corrected chi connectivity index (χ0v) is 18.6. The molecule has 4 rings (SSSR count). The van der Waals surface area contributed by atoms with Crippen LogP contribution in [0.2, 0.25) is 16.6 Å². The van der Waals surface area contributed by atoms with Crippen LogP contribution in [0.4, 0.5) is 4.79 Å². The molecule has 1 unspecified atom stereocenters. The van der Waals surface area contributed by atoms with Gasteiger partial charge in [0.2, 0.25) is 0 Å². The van der Waals surface area contributed by atoms with E-state index in [0.29, 0.717) is 12.2 Å². The first-order valence-electron chi connectivity index (χ1n) is 9.82. The number of ether oxygens (including phenoxy) is 1. The number of hydrogen-bond acceptors (Lipinski definition) is 3. The van der Waals surface area contributed by atoms with Crippen LogP contribution < -0.4 is 5.32 Å². The van der Waals surface area contributed by atoms with Crippen LogP contribution in [-0.4, -0.2) is 43.9 Å². The fourth-order valence-electron chi connectivity index (χ4n) is 3.72. The Balaban J connectivity index is 1.70. The van der Waals surface area contributed by atoms with Gasteiger partial charge in [-0.05, 0) is 0 Å². The predicted octanol–water partition coefficient (Wildman–Crippen LogP) is 4.28. The molecule has 0 spiro atoms. The van der Waals surface area contributed by atoms with Crippen LogP contribution in [0.25, 0.3) is 10.9 Å². The molecule has 0 saturated carbocycles. The molecule has 2 aromatic carbocycles. The molecule has 150 valence electrons. The van der Waals surface area contributed by atoms with E-state index in [9.17, 15) is 9.59 Å². The van der Waals surface area contributed by atoms with Crippen LogP contribution in [0.3, 0.4) is 0 Å². The standard InChI is InChI=1S/C23H25AsN2O3/c1-24(2)11-10-18-14-26(22(27)17-6-4-3-5-7-17)21-9-8-16(13-20(18)21)12-19-15-29-23(28)25-19/h3-9,13-14,19H,10-12,15H2,1-2H3,(H,25,28). The molecule has 6 heteroatoms. The van der Waals surface area contributed by atoms with Crippen LogP contribution in [0.15, 0.2) is 54.7 Å². The number of cyclic esters (lactones) is 1. The third kappa shape index (κ3) is 4.40. The van der Waals surface area contributed by atoms with Crippen molar-refractivity contribution >= 4 is 37.6 Å². The third-order valence-corrected chi connectivity index (χ3v) is 7.58. The summed E-state index contributed by atoms with van der Waals surface area (Å²) < 4.78 is 6.79. The van der Waals surface area contributed by atoms with E-state index in [1.54, 1.807) is 4.57 Å². The average molecular weight is 452 g/mol. The molecule has 1 fully saturated rings. The van der Waals surface area contributed by atoms with Gasteiger partial charge in [0.1, 0.15) is 0 Å². The Morgan fingerprint density at radius 1 is 1.21 bits per heavy atom. The summed E-state index contributed by atoms with van der Waals surface area (Å²) in [6, 6.07) is 15.6. The minimum atomic E-state index is -0.763. The van der Waals surface area contributed by atoms with Gasteiger partial charge < -0.3 is 0 Å². The molecule has 3 aromatic rings. The molecule has 0 bridgehead atoms. The molecule has 1 aliphatic rings. The normalized spacial score (nSPS) is 16.2. The molecule has 1 saturated heterocycles. The Hall–Kier alpha value is -2.52. The summed E-state index contributed by atoms with van der Waals surface area (Å²) in [6.45, 7) is 0.399. The fourth-order valence-corrected chi connectivity index (χ4v) is 5.17. The summed E-state index contributed by atoms with van der Waals surface area (Å²) in [5.41, 5.74) is 8.70. The van der Waals surface area contributed by atoms with E-state index in [-0.39, 0.29) is 18.0 Å². The molecule has 5 nitrogen and oxygen atoms in total. The van der Waals surface area contributed by atoms with Gasteiger partial charge in [0, 0.05) is 0 Å². The van der Waals surface area contributed by atoms with Crippen molar-refractivity contribution in [3.05, 3.63) is 71.4 Å². The molecule has 1 aromatic heterocycles. The summed E-state index contributed by atoms with van der Waals surface area (Å²) in [6.07, 6.45) is 3.38. The van der Waals surface area contributed by atoms with Crippen molar-refractivity contribution in [1.82, 2.24) is 9.88 Å². The van der Waals surface area contributed by atoms with E-state index in [2.05, 4.69) is 22.8 Å². The number of carbonyl (C=O) groups is 2. The fraction of sp³-hybridized carbons (Fsp3) is 0.304. The quantitative estimate of drug-likeness (QED) is 0.568. The third-order valence-electron chi connectivity index (χ3n) is 5.24.